The first-order valence-corrected chi connectivity index (χ1v) is 22.4. The van der Waals surface area contributed by atoms with Crippen molar-refractivity contribution in [2.75, 3.05) is 19.0 Å². The molecule has 0 spiro atoms. The van der Waals surface area contributed by atoms with E-state index in [1.807, 2.05) is 18.2 Å². The van der Waals surface area contributed by atoms with Crippen LogP contribution in [0, 0.1) is 0 Å². The summed E-state index contributed by atoms with van der Waals surface area (Å²) < 4.78 is 53.8. The van der Waals surface area contributed by atoms with Crippen LogP contribution >= 0.6 is 0 Å². The van der Waals surface area contributed by atoms with Crippen LogP contribution in [0.1, 0.15) is 117 Å². The predicted octanol–water partition coefficient (Wildman–Crippen LogP) is 7.88. The average molecular weight is 835 g/mol. The summed E-state index contributed by atoms with van der Waals surface area (Å²) in [6.07, 6.45) is 36.2. The lowest BCUT2D eigenvalue weighted by atomic mass is 10.00. The monoisotopic (exact) mass is 834 g/mol. The number of carbonyl (C=O) groups excluding carboxylic acids is 2. The first kappa shape index (κ1) is 52.6. The minimum Gasteiger partial charge on any atom is -0.462 e. The molecule has 58 heavy (non-hydrogen) atoms. The molecule has 0 aromatic carbocycles. The van der Waals surface area contributed by atoms with Crippen molar-refractivity contribution >= 4 is 22.1 Å². The molecule has 4 N–H and O–H groups in total. The minimum atomic E-state index is -4.62. The Morgan fingerprint density at radius 3 is 1.59 bits per heavy atom. The molecule has 6 unspecified atom stereocenters. The van der Waals surface area contributed by atoms with Crippen LogP contribution < -0.4 is 0 Å². The molecule has 0 bridgehead atoms. The fraction of sp³-hybridized carbons (Fsp3) is 0.600. The van der Waals surface area contributed by atoms with E-state index in [2.05, 4.69) is 92.8 Å². The number of unbranched alkanes of at least 4 members (excludes halogenated alkanes) is 4. The van der Waals surface area contributed by atoms with E-state index in [0.29, 0.717) is 12.8 Å². The van der Waals surface area contributed by atoms with Gasteiger partial charge in [-0.3, -0.25) is 14.1 Å². The molecule has 0 aromatic heterocycles. The molecule has 0 aliphatic carbocycles. The first-order valence-electron chi connectivity index (χ1n) is 20.8. The van der Waals surface area contributed by atoms with Gasteiger partial charge in [-0.2, -0.15) is 8.42 Å². The number of esters is 2. The van der Waals surface area contributed by atoms with Gasteiger partial charge in [0.15, 0.2) is 12.4 Å². The summed E-state index contributed by atoms with van der Waals surface area (Å²) in [6, 6.07) is 0. The van der Waals surface area contributed by atoms with Crippen molar-refractivity contribution in [3.63, 3.8) is 0 Å². The maximum atomic E-state index is 12.8. The SMILES string of the molecule is CC/C=C\C/C=C\C/C=C\C/C=C\CCCCCCC(=O)OC(COC(=O)CC/C=C\C/C=C\C/C=C\C/C=C\CC)COC1OC(CS(=O)(=O)O)C(O)C(O)C1O. The third kappa shape index (κ3) is 28.9. The van der Waals surface area contributed by atoms with E-state index in [0.717, 1.165) is 77.0 Å². The molecule has 328 valence electrons. The van der Waals surface area contributed by atoms with E-state index in [1.54, 1.807) is 0 Å². The number of ether oxygens (including phenoxy) is 4. The summed E-state index contributed by atoms with van der Waals surface area (Å²) in [5, 5.41) is 30.8. The standard InChI is InChI=1S/C45H70O12S/c1-3-5-7-9-11-13-15-17-18-19-20-22-24-26-28-30-32-34-41(47)56-38(36-55-45-44(50)43(49)42(48)39(57-45)37-58(51,52)53)35-54-40(46)33-31-29-27-25-23-21-16-14-12-10-8-6-4-2/h5-8,11-14,17-18,20-23,27,29,38-39,42-45,48-50H,3-4,9-10,15-16,19,24-26,28,30-37H2,1-2H3,(H,51,52,53)/b7-5-,8-6-,13-11-,14-12-,18-17-,22-20-,23-21-,29-27-. The maximum absolute atomic E-state index is 12.8. The second-order valence-electron chi connectivity index (χ2n) is 13.9. The summed E-state index contributed by atoms with van der Waals surface area (Å²) in [5.74, 6) is -2.14. The van der Waals surface area contributed by atoms with E-state index < -0.39 is 71.2 Å². The van der Waals surface area contributed by atoms with Gasteiger partial charge >= 0.3 is 11.9 Å². The summed E-state index contributed by atoms with van der Waals surface area (Å²) in [5.41, 5.74) is 0. The Morgan fingerprint density at radius 1 is 0.586 bits per heavy atom. The Kier molecular flexibility index (Phi) is 31.2. The topological polar surface area (TPSA) is 186 Å². The van der Waals surface area contributed by atoms with E-state index >= 15 is 0 Å². The second kappa shape index (κ2) is 34.4. The summed E-state index contributed by atoms with van der Waals surface area (Å²) in [6.45, 7) is 3.41. The minimum absolute atomic E-state index is 0.0858. The van der Waals surface area contributed by atoms with Crippen molar-refractivity contribution in [3.8, 4) is 0 Å². The van der Waals surface area contributed by atoms with Gasteiger partial charge in [0, 0.05) is 12.8 Å². The van der Waals surface area contributed by atoms with Crippen LogP contribution in [0.3, 0.4) is 0 Å². The molecular weight excluding hydrogens is 765 g/mol. The first-order chi connectivity index (χ1) is 28.0. The van der Waals surface area contributed by atoms with Crippen LogP contribution in [0.4, 0.5) is 0 Å². The molecule has 0 saturated carbocycles. The second-order valence-corrected chi connectivity index (χ2v) is 15.4. The van der Waals surface area contributed by atoms with Crippen LogP contribution in [0.2, 0.25) is 0 Å². The number of hydrogen-bond acceptors (Lipinski definition) is 11. The number of hydrogen-bond donors (Lipinski definition) is 4. The number of allylic oxidation sites excluding steroid dienone is 16. The predicted molar refractivity (Wildman–Crippen MR) is 228 cm³/mol. The van der Waals surface area contributed by atoms with Crippen molar-refractivity contribution in [2.24, 2.45) is 0 Å². The van der Waals surface area contributed by atoms with Gasteiger partial charge in [-0.25, -0.2) is 0 Å². The highest BCUT2D eigenvalue weighted by Gasteiger charge is 2.46. The van der Waals surface area contributed by atoms with Crippen LogP contribution in [-0.2, 0) is 38.7 Å². The van der Waals surface area contributed by atoms with Crippen molar-refractivity contribution in [1.29, 1.82) is 0 Å². The lowest BCUT2D eigenvalue weighted by molar-refractivity contribution is -0.297. The Bertz CT molecular complexity index is 1440. The van der Waals surface area contributed by atoms with E-state index in [-0.39, 0.29) is 19.4 Å². The van der Waals surface area contributed by atoms with Crippen LogP contribution in [0.15, 0.2) is 97.2 Å². The van der Waals surface area contributed by atoms with E-state index in [1.165, 1.54) is 0 Å². The van der Waals surface area contributed by atoms with Crippen LogP contribution in [0.5, 0.6) is 0 Å². The normalized spacial score (nSPS) is 21.4. The number of aliphatic hydroxyl groups is 3. The molecule has 0 radical (unpaired) electrons. The molecule has 1 heterocycles. The zero-order valence-corrected chi connectivity index (χ0v) is 35.4. The van der Waals surface area contributed by atoms with Crippen LogP contribution in [-0.4, -0.2) is 96.0 Å². The van der Waals surface area contributed by atoms with Crippen molar-refractivity contribution in [1.82, 2.24) is 0 Å². The average Bonchev–Trinajstić information content (AvgIpc) is 3.18. The van der Waals surface area contributed by atoms with Gasteiger partial charge in [0.2, 0.25) is 0 Å². The van der Waals surface area contributed by atoms with Gasteiger partial charge in [0.1, 0.15) is 36.8 Å². The molecular formula is C45H70O12S. The molecule has 6 atom stereocenters. The summed E-state index contributed by atoms with van der Waals surface area (Å²) in [4.78, 5) is 25.3. The zero-order chi connectivity index (χ0) is 42.7. The maximum Gasteiger partial charge on any atom is 0.306 e. The van der Waals surface area contributed by atoms with Gasteiger partial charge < -0.3 is 34.3 Å². The van der Waals surface area contributed by atoms with E-state index in [9.17, 15) is 37.9 Å². The number of carbonyl (C=O) groups is 2. The van der Waals surface area contributed by atoms with Gasteiger partial charge in [-0.05, 0) is 77.0 Å². The van der Waals surface area contributed by atoms with Crippen LogP contribution in [0.25, 0.3) is 0 Å². The molecule has 1 aliphatic heterocycles. The quantitative estimate of drug-likeness (QED) is 0.0223. The summed E-state index contributed by atoms with van der Waals surface area (Å²) in [7, 11) is -4.62. The van der Waals surface area contributed by atoms with Gasteiger partial charge in [-0.1, -0.05) is 124 Å². The van der Waals surface area contributed by atoms with Gasteiger partial charge in [0.05, 0.1) is 6.61 Å². The molecule has 1 rings (SSSR count). The largest absolute Gasteiger partial charge is 0.462 e. The Hall–Kier alpha value is -3.43. The smallest absolute Gasteiger partial charge is 0.306 e. The molecule has 1 saturated heterocycles. The molecule has 13 heteroatoms. The van der Waals surface area contributed by atoms with Crippen molar-refractivity contribution < 1.29 is 56.8 Å². The molecule has 1 aliphatic rings. The fourth-order valence-electron chi connectivity index (χ4n) is 5.50. The number of aliphatic hydroxyl groups excluding tert-OH is 3. The lowest BCUT2D eigenvalue weighted by Crippen LogP contribution is -2.60. The molecule has 1 fully saturated rings. The summed E-state index contributed by atoms with van der Waals surface area (Å²) >= 11 is 0. The van der Waals surface area contributed by atoms with Crippen molar-refractivity contribution in [3.05, 3.63) is 97.2 Å². The lowest BCUT2D eigenvalue weighted by Gasteiger charge is -2.40. The van der Waals surface area contributed by atoms with E-state index in [4.69, 9.17) is 18.9 Å². The zero-order valence-electron chi connectivity index (χ0n) is 34.6. The molecule has 0 aromatic rings. The highest BCUT2D eigenvalue weighted by molar-refractivity contribution is 7.85. The Labute approximate surface area is 347 Å². The van der Waals surface area contributed by atoms with Crippen molar-refractivity contribution in [2.45, 2.75) is 153 Å². The fourth-order valence-corrected chi connectivity index (χ4v) is 6.19. The molecule has 0 amide bonds. The highest BCUT2D eigenvalue weighted by Crippen LogP contribution is 2.23. The van der Waals surface area contributed by atoms with Gasteiger partial charge in [0.25, 0.3) is 10.1 Å². The molecule has 12 nitrogen and oxygen atoms in total. The number of rotatable bonds is 32. The Morgan fingerprint density at radius 2 is 1.07 bits per heavy atom. The van der Waals surface area contributed by atoms with Gasteiger partial charge in [-0.15, -0.1) is 0 Å². The highest BCUT2D eigenvalue weighted by atomic mass is 32.2. The Balaban J connectivity index is 2.56. The third-order valence-electron chi connectivity index (χ3n) is 8.67. The third-order valence-corrected chi connectivity index (χ3v) is 9.42.